The van der Waals surface area contributed by atoms with Crippen LogP contribution in [0.15, 0.2) is 134 Å². The number of nitrogens with zero attached hydrogens (tertiary/aromatic N) is 15. The minimum Gasteiger partial charge on any atom is -0.369 e. The summed E-state index contributed by atoms with van der Waals surface area (Å²) in [5, 5.41) is 23.9. The SMILES string of the molecule is Cc1cc(-c2c(-c3cccc(F)c3)nc(N)n3cnnc23)cc(C(F)(F)F)n1.Cc1cc(-c2c(-c3ccccc3)nc(N)n3cnnc23)cc(C2CC2)n1.Cc1cc(-c2c(-c3ccccc3F)nc(N)n3cnnc23)cc(C(F)(F)F)n1. The van der Waals surface area contributed by atoms with Crippen molar-refractivity contribution in [1.29, 1.82) is 0 Å². The maximum Gasteiger partial charge on any atom is 0.433 e. The van der Waals surface area contributed by atoms with Crippen molar-refractivity contribution >= 4 is 34.8 Å². The fourth-order valence-electron chi connectivity index (χ4n) is 9.35. The average Bonchev–Trinajstić information content (AvgIpc) is 3.48. The largest absolute Gasteiger partial charge is 0.433 e. The van der Waals surface area contributed by atoms with E-state index in [-0.39, 0.29) is 73.8 Å². The number of alkyl halides is 6. The van der Waals surface area contributed by atoms with E-state index >= 15 is 0 Å². The Labute approximate surface area is 458 Å². The standard InChI is InChI=1S/C20H18N6.2C18H12F4N6/c1-12-9-15(10-16(23-12)13-7-8-13)17-18(14-5-3-2-4-6-14)24-20(21)26-11-22-25-19(17)26;1-9-5-11(7-13(25-9)18(20,21)22)14-15(10-3-2-4-12(19)6-10)26-17(23)28-8-24-27-16(14)28;1-9-6-10(7-13(25-9)18(20,21)22)14-15(11-4-2-3-5-12(11)19)26-17(23)28-8-24-27-16(14)28/h2-6,9-11,13H,7-8H2,1H3,(H2,21,24);2*2-8H,1H3,(H2,23,26). The number of halogens is 8. The highest BCUT2D eigenvalue weighted by Crippen LogP contribution is 2.43. The molecule has 0 aliphatic heterocycles. The molecule has 18 nitrogen and oxygen atoms in total. The van der Waals surface area contributed by atoms with Gasteiger partial charge in [-0.1, -0.05) is 54.6 Å². The third kappa shape index (κ3) is 10.6. The third-order valence-corrected chi connectivity index (χ3v) is 13.0. The van der Waals surface area contributed by atoms with E-state index in [1.54, 1.807) is 22.9 Å². The number of pyridine rings is 3. The van der Waals surface area contributed by atoms with Gasteiger partial charge in [0.25, 0.3) is 0 Å². The van der Waals surface area contributed by atoms with Gasteiger partial charge in [0.2, 0.25) is 17.8 Å². The van der Waals surface area contributed by atoms with E-state index < -0.39 is 35.4 Å². The van der Waals surface area contributed by atoms with Crippen LogP contribution in [-0.4, -0.2) is 73.7 Å². The summed E-state index contributed by atoms with van der Waals surface area (Å²) in [7, 11) is 0. The summed E-state index contributed by atoms with van der Waals surface area (Å²) in [5.41, 5.74) is 24.6. The van der Waals surface area contributed by atoms with E-state index in [1.165, 1.54) is 96.7 Å². The molecule has 0 saturated heterocycles. The number of nitrogens with two attached hydrogens (primary N) is 3. The first-order valence-corrected chi connectivity index (χ1v) is 24.9. The number of hydrogen-bond acceptors (Lipinski definition) is 15. The molecule has 82 heavy (non-hydrogen) atoms. The Morgan fingerprint density at radius 1 is 0.439 bits per heavy atom. The van der Waals surface area contributed by atoms with Crippen molar-refractivity contribution in [3.8, 4) is 67.2 Å². The molecular formula is C56H42F8N18. The van der Waals surface area contributed by atoms with Crippen molar-refractivity contribution in [1.82, 2.24) is 73.7 Å². The molecule has 1 saturated carbocycles. The van der Waals surface area contributed by atoms with Crippen LogP contribution in [0.1, 0.15) is 52.9 Å². The topological polar surface area (TPSA) is 246 Å². The van der Waals surface area contributed by atoms with Crippen LogP contribution in [0, 0.1) is 32.4 Å². The summed E-state index contributed by atoms with van der Waals surface area (Å²) in [4.78, 5) is 25.0. The van der Waals surface area contributed by atoms with Gasteiger partial charge in [-0.2, -0.15) is 26.3 Å². The Hall–Kier alpha value is -10.4. The van der Waals surface area contributed by atoms with Gasteiger partial charge in [0.15, 0.2) is 16.9 Å². The molecule has 0 amide bonds. The minimum absolute atomic E-state index is 0.0184. The van der Waals surface area contributed by atoms with Gasteiger partial charge in [0.1, 0.15) is 42.0 Å². The third-order valence-electron chi connectivity index (χ3n) is 13.0. The van der Waals surface area contributed by atoms with Gasteiger partial charge in [-0.15, -0.1) is 30.6 Å². The van der Waals surface area contributed by atoms with Gasteiger partial charge in [-0.05, 0) is 111 Å². The molecule has 3 aromatic carbocycles. The van der Waals surface area contributed by atoms with Crippen LogP contribution in [0.2, 0.25) is 0 Å². The first-order valence-electron chi connectivity index (χ1n) is 24.9. The Balaban J connectivity index is 0.000000129. The lowest BCUT2D eigenvalue weighted by atomic mass is 9.99. The van der Waals surface area contributed by atoms with Crippen LogP contribution in [0.3, 0.4) is 0 Å². The first kappa shape index (κ1) is 53.6. The van der Waals surface area contributed by atoms with Crippen LogP contribution < -0.4 is 17.2 Å². The van der Waals surface area contributed by atoms with Gasteiger partial charge in [0.05, 0.1) is 33.8 Å². The van der Waals surface area contributed by atoms with E-state index in [2.05, 4.69) is 67.6 Å². The van der Waals surface area contributed by atoms with Crippen molar-refractivity contribution in [2.45, 2.75) is 51.9 Å². The molecule has 9 heterocycles. The minimum atomic E-state index is -4.65. The lowest BCUT2D eigenvalue weighted by Gasteiger charge is -2.15. The maximum atomic E-state index is 14.5. The van der Waals surface area contributed by atoms with E-state index in [0.29, 0.717) is 23.1 Å². The Kier molecular flexibility index (Phi) is 13.7. The van der Waals surface area contributed by atoms with Gasteiger partial charge < -0.3 is 17.2 Å². The molecule has 9 aromatic heterocycles. The van der Waals surface area contributed by atoms with Crippen LogP contribution in [0.25, 0.3) is 84.1 Å². The zero-order chi connectivity index (χ0) is 57.8. The smallest absolute Gasteiger partial charge is 0.369 e. The Morgan fingerprint density at radius 2 is 0.866 bits per heavy atom. The second kappa shape index (κ2) is 21.0. The van der Waals surface area contributed by atoms with Gasteiger partial charge in [0, 0.05) is 45.4 Å². The molecule has 1 aliphatic rings. The molecule has 13 rings (SSSR count). The molecule has 6 N–H and O–H groups in total. The van der Waals surface area contributed by atoms with Crippen molar-refractivity contribution < 1.29 is 35.1 Å². The normalized spacial score (nSPS) is 12.6. The fraction of sp³-hybridized carbons (Fsp3) is 0.143. The highest BCUT2D eigenvalue weighted by Gasteiger charge is 2.35. The predicted molar refractivity (Wildman–Crippen MR) is 288 cm³/mol. The van der Waals surface area contributed by atoms with Crippen LogP contribution in [-0.2, 0) is 12.4 Å². The summed E-state index contributed by atoms with van der Waals surface area (Å²) < 4.78 is 112. The van der Waals surface area contributed by atoms with Crippen LogP contribution in [0.4, 0.5) is 53.0 Å². The number of hydrogen-bond donors (Lipinski definition) is 3. The Bertz CT molecular complexity index is 4400. The van der Waals surface area contributed by atoms with Crippen molar-refractivity contribution in [3.63, 3.8) is 0 Å². The second-order valence-corrected chi connectivity index (χ2v) is 19.0. The first-order chi connectivity index (χ1) is 39.2. The molecular weight excluding hydrogens is 1080 g/mol. The summed E-state index contributed by atoms with van der Waals surface area (Å²) in [6.07, 6.45) is -2.68. The summed E-state index contributed by atoms with van der Waals surface area (Å²) in [6.45, 7) is 4.92. The van der Waals surface area contributed by atoms with E-state index in [4.69, 9.17) is 22.2 Å². The molecule has 0 atom stereocenters. The maximum absolute atomic E-state index is 14.5. The molecule has 0 bridgehead atoms. The van der Waals surface area contributed by atoms with Gasteiger partial charge in [-0.25, -0.2) is 33.7 Å². The van der Waals surface area contributed by atoms with Crippen LogP contribution >= 0.6 is 0 Å². The highest BCUT2D eigenvalue weighted by molar-refractivity contribution is 5.93. The molecule has 0 unspecified atom stereocenters. The van der Waals surface area contributed by atoms with Gasteiger partial charge in [-0.3, -0.25) is 18.2 Å². The van der Waals surface area contributed by atoms with Crippen molar-refractivity contribution in [2.24, 2.45) is 0 Å². The number of aryl methyl sites for hydroxylation is 3. The highest BCUT2D eigenvalue weighted by atomic mass is 19.4. The zero-order valence-corrected chi connectivity index (χ0v) is 43.2. The molecule has 26 heteroatoms. The molecule has 0 radical (unpaired) electrons. The monoisotopic (exact) mass is 1120 g/mol. The molecule has 12 aromatic rings. The number of benzene rings is 3. The number of nitrogen functional groups attached to an aromatic ring is 3. The predicted octanol–water partition coefficient (Wildman–Crippen LogP) is 11.4. The number of aromatic nitrogens is 15. The Morgan fingerprint density at radius 3 is 1.34 bits per heavy atom. The zero-order valence-electron chi connectivity index (χ0n) is 43.2. The fourth-order valence-corrected chi connectivity index (χ4v) is 9.35. The molecule has 1 aliphatic carbocycles. The summed E-state index contributed by atoms with van der Waals surface area (Å²) in [5.74, 6) is -0.174. The number of rotatable bonds is 7. The van der Waals surface area contributed by atoms with E-state index in [9.17, 15) is 35.1 Å². The average molecular weight is 1120 g/mol. The summed E-state index contributed by atoms with van der Waals surface area (Å²) in [6, 6.07) is 30.3. The van der Waals surface area contributed by atoms with Crippen molar-refractivity contribution in [3.05, 3.63) is 180 Å². The second-order valence-electron chi connectivity index (χ2n) is 19.0. The molecule has 412 valence electrons. The lowest BCUT2D eigenvalue weighted by Crippen LogP contribution is -2.10. The quantitative estimate of drug-likeness (QED) is 0.126. The molecule has 1 fully saturated rings. The summed E-state index contributed by atoms with van der Waals surface area (Å²) >= 11 is 0. The van der Waals surface area contributed by atoms with E-state index in [0.717, 1.165) is 45.9 Å². The van der Waals surface area contributed by atoms with E-state index in [1.807, 2.05) is 37.3 Å². The van der Waals surface area contributed by atoms with Crippen molar-refractivity contribution in [2.75, 3.05) is 17.2 Å². The van der Waals surface area contributed by atoms with Crippen LogP contribution in [0.5, 0.6) is 0 Å². The lowest BCUT2D eigenvalue weighted by molar-refractivity contribution is -0.142. The number of fused-ring (bicyclic) bond motifs is 3. The van der Waals surface area contributed by atoms with Gasteiger partial charge >= 0.3 is 12.4 Å². The number of anilines is 3. The molecule has 0 spiro atoms.